The fourth-order valence-corrected chi connectivity index (χ4v) is 2.64. The Labute approximate surface area is 123 Å². The summed E-state index contributed by atoms with van der Waals surface area (Å²) in [6.07, 6.45) is 0. The summed E-state index contributed by atoms with van der Waals surface area (Å²) in [5.74, 6) is 0.289. The standard InChI is InChI=1S/C18H14OS/c19-17-11-5-3-9-15(17)13-7-1-2-8-14(13)16-10-4-6-12-18(16)20/h1-12,19-20H. The van der Waals surface area contributed by atoms with Crippen LogP contribution in [-0.2, 0) is 0 Å². The highest BCUT2D eigenvalue weighted by molar-refractivity contribution is 7.80. The first kappa shape index (κ1) is 12.8. The first-order valence-electron chi connectivity index (χ1n) is 6.43. The number of hydrogen-bond donors (Lipinski definition) is 2. The van der Waals surface area contributed by atoms with E-state index in [2.05, 4.69) is 18.7 Å². The van der Waals surface area contributed by atoms with Crippen molar-refractivity contribution in [2.75, 3.05) is 0 Å². The van der Waals surface area contributed by atoms with Gasteiger partial charge in [0.15, 0.2) is 0 Å². The maximum absolute atomic E-state index is 10.1. The van der Waals surface area contributed by atoms with E-state index in [1.165, 1.54) is 0 Å². The maximum Gasteiger partial charge on any atom is 0.123 e. The van der Waals surface area contributed by atoms with E-state index in [4.69, 9.17) is 0 Å². The topological polar surface area (TPSA) is 20.2 Å². The molecule has 0 amide bonds. The van der Waals surface area contributed by atoms with E-state index in [9.17, 15) is 5.11 Å². The van der Waals surface area contributed by atoms with Gasteiger partial charge in [0.05, 0.1) is 0 Å². The summed E-state index contributed by atoms with van der Waals surface area (Å²) >= 11 is 4.53. The van der Waals surface area contributed by atoms with Crippen LogP contribution in [0.25, 0.3) is 22.3 Å². The Morgan fingerprint density at radius 2 is 1.00 bits per heavy atom. The Morgan fingerprint density at radius 1 is 0.550 bits per heavy atom. The zero-order chi connectivity index (χ0) is 13.9. The summed E-state index contributed by atoms with van der Waals surface area (Å²) in [5, 5.41) is 10.1. The van der Waals surface area contributed by atoms with Gasteiger partial charge in [-0.2, -0.15) is 0 Å². The van der Waals surface area contributed by atoms with Gasteiger partial charge in [-0.1, -0.05) is 60.7 Å². The van der Waals surface area contributed by atoms with E-state index in [1.807, 2.05) is 60.7 Å². The number of para-hydroxylation sites is 1. The maximum atomic E-state index is 10.1. The second kappa shape index (κ2) is 5.43. The average Bonchev–Trinajstić information content (AvgIpc) is 2.48. The van der Waals surface area contributed by atoms with E-state index in [1.54, 1.807) is 6.07 Å². The molecule has 0 unspecified atom stereocenters. The molecule has 3 aromatic rings. The lowest BCUT2D eigenvalue weighted by molar-refractivity contribution is 0.477. The molecule has 0 aliphatic rings. The van der Waals surface area contributed by atoms with Crippen molar-refractivity contribution < 1.29 is 5.11 Å². The Bertz CT molecular complexity index is 685. The lowest BCUT2D eigenvalue weighted by Gasteiger charge is -2.12. The minimum atomic E-state index is 0.289. The summed E-state index contributed by atoms with van der Waals surface area (Å²) in [6.45, 7) is 0. The molecule has 20 heavy (non-hydrogen) atoms. The van der Waals surface area contributed by atoms with E-state index in [0.29, 0.717) is 0 Å². The normalized spacial score (nSPS) is 10.4. The number of hydrogen-bond acceptors (Lipinski definition) is 2. The van der Waals surface area contributed by atoms with Gasteiger partial charge in [0, 0.05) is 10.5 Å². The van der Waals surface area contributed by atoms with Crippen LogP contribution in [0, 0.1) is 0 Å². The van der Waals surface area contributed by atoms with E-state index >= 15 is 0 Å². The van der Waals surface area contributed by atoms with Crippen LogP contribution >= 0.6 is 12.6 Å². The second-order valence-electron chi connectivity index (χ2n) is 4.58. The van der Waals surface area contributed by atoms with Crippen molar-refractivity contribution in [3.05, 3.63) is 72.8 Å². The van der Waals surface area contributed by atoms with Crippen LogP contribution in [0.3, 0.4) is 0 Å². The third-order valence-electron chi connectivity index (χ3n) is 3.32. The zero-order valence-electron chi connectivity index (χ0n) is 10.8. The van der Waals surface area contributed by atoms with Gasteiger partial charge in [-0.05, 0) is 28.8 Å². The van der Waals surface area contributed by atoms with Crippen LogP contribution < -0.4 is 0 Å². The van der Waals surface area contributed by atoms with Crippen molar-refractivity contribution in [2.24, 2.45) is 0 Å². The average molecular weight is 278 g/mol. The minimum Gasteiger partial charge on any atom is -0.507 e. The molecule has 1 N–H and O–H groups in total. The third-order valence-corrected chi connectivity index (χ3v) is 3.71. The number of phenolic OH excluding ortho intramolecular Hbond substituents is 1. The summed E-state index contributed by atoms with van der Waals surface area (Å²) in [7, 11) is 0. The summed E-state index contributed by atoms with van der Waals surface area (Å²) in [6, 6.07) is 23.4. The summed E-state index contributed by atoms with van der Waals surface area (Å²) in [5.41, 5.74) is 3.97. The van der Waals surface area contributed by atoms with Gasteiger partial charge >= 0.3 is 0 Å². The van der Waals surface area contributed by atoms with Gasteiger partial charge in [0.2, 0.25) is 0 Å². The first-order valence-corrected chi connectivity index (χ1v) is 6.88. The van der Waals surface area contributed by atoms with E-state index in [-0.39, 0.29) is 5.75 Å². The van der Waals surface area contributed by atoms with Crippen molar-refractivity contribution in [1.82, 2.24) is 0 Å². The molecule has 0 saturated heterocycles. The molecule has 0 bridgehead atoms. The highest BCUT2D eigenvalue weighted by atomic mass is 32.1. The number of benzene rings is 3. The van der Waals surface area contributed by atoms with Gasteiger partial charge < -0.3 is 5.11 Å². The molecular formula is C18H14OS. The molecular weight excluding hydrogens is 264 g/mol. The SMILES string of the molecule is Oc1ccccc1-c1ccccc1-c1ccccc1S. The molecule has 3 aromatic carbocycles. The molecule has 98 valence electrons. The number of phenols is 1. The quantitative estimate of drug-likeness (QED) is 0.631. The van der Waals surface area contributed by atoms with Gasteiger partial charge in [0.1, 0.15) is 5.75 Å². The largest absolute Gasteiger partial charge is 0.507 e. The molecule has 0 atom stereocenters. The van der Waals surface area contributed by atoms with Crippen LogP contribution in [-0.4, -0.2) is 5.11 Å². The van der Waals surface area contributed by atoms with Crippen LogP contribution in [0.1, 0.15) is 0 Å². The van der Waals surface area contributed by atoms with E-state index < -0.39 is 0 Å². The molecule has 0 radical (unpaired) electrons. The molecule has 0 spiro atoms. The number of thiol groups is 1. The highest BCUT2D eigenvalue weighted by Gasteiger charge is 2.11. The van der Waals surface area contributed by atoms with Crippen molar-refractivity contribution in [3.8, 4) is 28.0 Å². The van der Waals surface area contributed by atoms with Gasteiger partial charge in [-0.3, -0.25) is 0 Å². The molecule has 0 aliphatic heterocycles. The minimum absolute atomic E-state index is 0.289. The van der Waals surface area contributed by atoms with E-state index in [0.717, 1.165) is 27.1 Å². The molecule has 1 nitrogen and oxygen atoms in total. The second-order valence-corrected chi connectivity index (χ2v) is 5.06. The molecule has 0 heterocycles. The smallest absolute Gasteiger partial charge is 0.123 e. The molecule has 0 fully saturated rings. The monoisotopic (exact) mass is 278 g/mol. The van der Waals surface area contributed by atoms with Crippen molar-refractivity contribution >= 4 is 12.6 Å². The third kappa shape index (κ3) is 2.30. The molecule has 2 heteroatoms. The van der Waals surface area contributed by atoms with Crippen molar-refractivity contribution in [2.45, 2.75) is 4.90 Å². The predicted molar refractivity (Wildman–Crippen MR) is 86.2 cm³/mol. The fourth-order valence-electron chi connectivity index (χ4n) is 2.36. The molecule has 0 aromatic heterocycles. The first-order chi connectivity index (χ1) is 9.77. The lowest BCUT2D eigenvalue weighted by Crippen LogP contribution is -1.86. The molecule has 3 rings (SSSR count). The molecule has 0 aliphatic carbocycles. The van der Waals surface area contributed by atoms with Gasteiger partial charge in [-0.25, -0.2) is 0 Å². The van der Waals surface area contributed by atoms with Crippen LogP contribution in [0.15, 0.2) is 77.7 Å². The van der Waals surface area contributed by atoms with Crippen LogP contribution in [0.2, 0.25) is 0 Å². The fraction of sp³-hybridized carbons (Fsp3) is 0. The zero-order valence-corrected chi connectivity index (χ0v) is 11.7. The van der Waals surface area contributed by atoms with Crippen LogP contribution in [0.5, 0.6) is 5.75 Å². The predicted octanol–water partition coefficient (Wildman–Crippen LogP) is 5.01. The van der Waals surface area contributed by atoms with Crippen LogP contribution in [0.4, 0.5) is 0 Å². The Hall–Kier alpha value is -2.19. The Morgan fingerprint density at radius 3 is 1.60 bits per heavy atom. The summed E-state index contributed by atoms with van der Waals surface area (Å²) < 4.78 is 0. The Kier molecular flexibility index (Phi) is 3.48. The Balaban J connectivity index is 2.25. The van der Waals surface area contributed by atoms with Gasteiger partial charge in [-0.15, -0.1) is 12.6 Å². The highest BCUT2D eigenvalue weighted by Crippen LogP contribution is 2.38. The van der Waals surface area contributed by atoms with Crippen molar-refractivity contribution in [3.63, 3.8) is 0 Å². The molecule has 0 saturated carbocycles. The van der Waals surface area contributed by atoms with Crippen molar-refractivity contribution in [1.29, 1.82) is 0 Å². The number of aromatic hydroxyl groups is 1. The number of rotatable bonds is 2. The lowest BCUT2D eigenvalue weighted by atomic mass is 9.94. The summed E-state index contributed by atoms with van der Waals surface area (Å²) in [4.78, 5) is 0.926. The van der Waals surface area contributed by atoms with Gasteiger partial charge in [0.25, 0.3) is 0 Å².